The Kier molecular flexibility index (Phi) is 5.03. The van der Waals surface area contributed by atoms with Gasteiger partial charge >= 0.3 is 12.4 Å². The molecule has 0 aliphatic heterocycles. The number of anilines is 1. The summed E-state index contributed by atoms with van der Waals surface area (Å²) >= 11 is 0. The van der Waals surface area contributed by atoms with Gasteiger partial charge in [0.2, 0.25) is 0 Å². The van der Waals surface area contributed by atoms with Crippen molar-refractivity contribution in [3.63, 3.8) is 0 Å². The Balaban J connectivity index is 1.63. The van der Waals surface area contributed by atoms with Crippen LogP contribution < -0.4 is 5.32 Å². The van der Waals surface area contributed by atoms with Crippen LogP contribution in [0.15, 0.2) is 48.5 Å². The molecule has 0 saturated heterocycles. The number of H-pyrrole nitrogens is 1. The Bertz CT molecular complexity index is 1090. The van der Waals surface area contributed by atoms with Crippen molar-refractivity contribution in [1.82, 2.24) is 10.2 Å². The van der Waals surface area contributed by atoms with E-state index in [0.29, 0.717) is 16.9 Å². The Hall–Kier alpha value is -3.30. The number of hydrogen-bond donors (Lipinski definition) is 2. The molecule has 2 aromatic carbocycles. The fourth-order valence-electron chi connectivity index (χ4n) is 3.17. The highest BCUT2D eigenvalue weighted by Crippen LogP contribution is 2.45. The van der Waals surface area contributed by atoms with Crippen molar-refractivity contribution in [3.8, 4) is 11.3 Å². The van der Waals surface area contributed by atoms with Crippen molar-refractivity contribution >= 4 is 11.6 Å². The summed E-state index contributed by atoms with van der Waals surface area (Å²) in [5.41, 5.74) is -0.118. The fourth-order valence-corrected chi connectivity index (χ4v) is 3.17. The maximum absolute atomic E-state index is 12.8. The Morgan fingerprint density at radius 1 is 0.871 bits per heavy atom. The summed E-state index contributed by atoms with van der Waals surface area (Å²) in [6.07, 6.45) is -7.28. The van der Waals surface area contributed by atoms with E-state index >= 15 is 0 Å². The molecule has 1 aromatic heterocycles. The summed E-state index contributed by atoms with van der Waals surface area (Å²) in [6.45, 7) is 0. The van der Waals surface area contributed by atoms with E-state index in [-0.39, 0.29) is 17.2 Å². The molecule has 162 valence electrons. The van der Waals surface area contributed by atoms with Crippen LogP contribution in [0.2, 0.25) is 0 Å². The van der Waals surface area contributed by atoms with Crippen LogP contribution in [0.3, 0.4) is 0 Å². The van der Waals surface area contributed by atoms with Gasteiger partial charge in [-0.05, 0) is 49.2 Å². The fraction of sp³-hybridized carbons (Fsp3) is 0.238. The molecule has 0 radical (unpaired) electrons. The minimum absolute atomic E-state index is 0.00863. The van der Waals surface area contributed by atoms with Gasteiger partial charge in [0.05, 0.1) is 22.5 Å². The quantitative estimate of drug-likeness (QED) is 0.473. The number of carbonyl (C=O) groups excluding carboxylic acids is 1. The molecule has 1 saturated carbocycles. The molecule has 1 aliphatic rings. The van der Waals surface area contributed by atoms with E-state index in [1.165, 1.54) is 12.1 Å². The number of benzene rings is 2. The number of carbonyl (C=O) groups is 1. The second-order valence-corrected chi connectivity index (χ2v) is 7.24. The first-order chi connectivity index (χ1) is 14.5. The normalized spacial score (nSPS) is 14.5. The molecule has 0 atom stereocenters. The molecule has 0 bridgehead atoms. The summed E-state index contributed by atoms with van der Waals surface area (Å²) in [5, 5.41) is 9.65. The molecular weight excluding hydrogens is 424 g/mol. The maximum atomic E-state index is 12.8. The standard InChI is InChI=1S/C21H15F6N3O/c22-20(23,24)14-7-3-12(4-8-14)17-18(16(29-30-17)11-1-2-11)28-19(31)13-5-9-15(10-6-13)21(25,26)27/h3-11H,1-2H2,(H,28,31)(H,29,30). The predicted octanol–water partition coefficient (Wildman–Crippen LogP) is 6.24. The van der Waals surface area contributed by atoms with Gasteiger partial charge in [0.1, 0.15) is 5.69 Å². The van der Waals surface area contributed by atoms with Crippen LogP contribution in [0.1, 0.15) is 45.9 Å². The molecule has 1 aliphatic carbocycles. The zero-order valence-electron chi connectivity index (χ0n) is 15.7. The minimum atomic E-state index is -4.52. The van der Waals surface area contributed by atoms with Crippen LogP contribution in [-0.4, -0.2) is 16.1 Å². The van der Waals surface area contributed by atoms with Crippen molar-refractivity contribution in [2.75, 3.05) is 5.32 Å². The smallest absolute Gasteiger partial charge is 0.319 e. The zero-order chi connectivity index (χ0) is 22.4. The van der Waals surface area contributed by atoms with E-state index in [0.717, 1.165) is 49.2 Å². The van der Waals surface area contributed by atoms with Crippen LogP contribution in [0.4, 0.5) is 32.0 Å². The van der Waals surface area contributed by atoms with Gasteiger partial charge in [0, 0.05) is 17.0 Å². The van der Waals surface area contributed by atoms with Gasteiger partial charge in [-0.2, -0.15) is 31.4 Å². The highest BCUT2D eigenvalue weighted by atomic mass is 19.4. The van der Waals surface area contributed by atoms with Crippen LogP contribution in [0.5, 0.6) is 0 Å². The highest BCUT2D eigenvalue weighted by molar-refractivity contribution is 6.06. The molecule has 4 rings (SSSR count). The summed E-state index contributed by atoms with van der Waals surface area (Å²) in [4.78, 5) is 12.7. The van der Waals surface area contributed by atoms with Crippen LogP contribution in [-0.2, 0) is 12.4 Å². The third-order valence-electron chi connectivity index (χ3n) is 4.98. The second kappa shape index (κ2) is 7.44. The van der Waals surface area contributed by atoms with Crippen LogP contribution in [0.25, 0.3) is 11.3 Å². The van der Waals surface area contributed by atoms with E-state index in [9.17, 15) is 31.1 Å². The monoisotopic (exact) mass is 439 g/mol. The second-order valence-electron chi connectivity index (χ2n) is 7.24. The molecule has 1 heterocycles. The van der Waals surface area contributed by atoms with Gasteiger partial charge < -0.3 is 5.32 Å². The number of nitrogens with zero attached hydrogens (tertiary/aromatic N) is 1. The van der Waals surface area contributed by atoms with Crippen LogP contribution >= 0.6 is 0 Å². The summed E-state index contributed by atoms with van der Waals surface area (Å²) < 4.78 is 76.7. The van der Waals surface area contributed by atoms with E-state index in [4.69, 9.17) is 0 Å². The van der Waals surface area contributed by atoms with Crippen LogP contribution in [0, 0.1) is 0 Å². The van der Waals surface area contributed by atoms with Crippen molar-refractivity contribution in [1.29, 1.82) is 0 Å². The van der Waals surface area contributed by atoms with Gasteiger partial charge in [0.15, 0.2) is 0 Å². The molecule has 0 spiro atoms. The lowest BCUT2D eigenvalue weighted by Gasteiger charge is -2.11. The topological polar surface area (TPSA) is 57.8 Å². The number of alkyl halides is 6. The molecule has 2 N–H and O–H groups in total. The lowest BCUT2D eigenvalue weighted by atomic mass is 10.1. The first kappa shape index (κ1) is 21.0. The Morgan fingerprint density at radius 3 is 1.87 bits per heavy atom. The van der Waals surface area contributed by atoms with Crippen molar-refractivity contribution < 1.29 is 31.1 Å². The SMILES string of the molecule is O=C(Nc1c(-c2ccc(C(F)(F)F)cc2)n[nH]c1C1CC1)c1ccc(C(F)(F)F)cc1. The molecule has 10 heteroatoms. The molecule has 4 nitrogen and oxygen atoms in total. The predicted molar refractivity (Wildman–Crippen MR) is 100 cm³/mol. The largest absolute Gasteiger partial charge is 0.416 e. The third kappa shape index (κ3) is 4.42. The van der Waals surface area contributed by atoms with Gasteiger partial charge in [0.25, 0.3) is 5.91 Å². The number of nitrogens with one attached hydrogen (secondary N) is 2. The highest BCUT2D eigenvalue weighted by Gasteiger charge is 2.33. The number of halogens is 6. The van der Waals surface area contributed by atoms with Crippen molar-refractivity contribution in [3.05, 3.63) is 70.9 Å². The number of aromatic nitrogens is 2. The van der Waals surface area contributed by atoms with Gasteiger partial charge in [-0.15, -0.1) is 0 Å². The number of aromatic amines is 1. The molecule has 3 aromatic rings. The first-order valence-electron chi connectivity index (χ1n) is 9.28. The minimum Gasteiger partial charge on any atom is -0.319 e. The zero-order valence-corrected chi connectivity index (χ0v) is 15.7. The average molecular weight is 439 g/mol. The summed E-state index contributed by atoms with van der Waals surface area (Å²) in [6, 6.07) is 8.09. The van der Waals surface area contributed by atoms with Gasteiger partial charge in [-0.25, -0.2) is 0 Å². The lowest BCUT2D eigenvalue weighted by Crippen LogP contribution is -2.14. The lowest BCUT2D eigenvalue weighted by molar-refractivity contribution is -0.138. The molecular formula is C21H15F6N3O. The number of amides is 1. The van der Waals surface area contributed by atoms with Gasteiger partial charge in [-0.3, -0.25) is 9.89 Å². The summed E-state index contributed by atoms with van der Waals surface area (Å²) in [7, 11) is 0. The van der Waals surface area contributed by atoms with E-state index < -0.39 is 29.4 Å². The third-order valence-corrected chi connectivity index (χ3v) is 4.98. The maximum Gasteiger partial charge on any atom is 0.416 e. The molecule has 1 fully saturated rings. The summed E-state index contributed by atoms with van der Waals surface area (Å²) in [5.74, 6) is -0.524. The first-order valence-corrected chi connectivity index (χ1v) is 9.28. The molecule has 31 heavy (non-hydrogen) atoms. The van der Waals surface area contributed by atoms with E-state index in [1.807, 2.05) is 0 Å². The van der Waals surface area contributed by atoms with E-state index in [2.05, 4.69) is 15.5 Å². The number of hydrogen-bond acceptors (Lipinski definition) is 2. The average Bonchev–Trinajstić information content (AvgIpc) is 3.47. The molecule has 1 amide bonds. The number of rotatable bonds is 4. The van der Waals surface area contributed by atoms with E-state index in [1.54, 1.807) is 0 Å². The van der Waals surface area contributed by atoms with Crippen molar-refractivity contribution in [2.24, 2.45) is 0 Å². The Morgan fingerprint density at radius 2 is 1.39 bits per heavy atom. The molecule has 0 unspecified atom stereocenters. The van der Waals surface area contributed by atoms with Crippen molar-refractivity contribution in [2.45, 2.75) is 31.1 Å². The van der Waals surface area contributed by atoms with Gasteiger partial charge in [-0.1, -0.05) is 12.1 Å². The Labute approximate surface area is 172 Å².